The van der Waals surface area contributed by atoms with E-state index in [0.717, 1.165) is 32.5 Å². The highest BCUT2D eigenvalue weighted by molar-refractivity contribution is 4.80. The van der Waals surface area contributed by atoms with Gasteiger partial charge in [-0.25, -0.2) is 0 Å². The van der Waals surface area contributed by atoms with Gasteiger partial charge in [-0.3, -0.25) is 4.90 Å². The molecule has 1 aliphatic rings. The smallest absolute Gasteiger partial charge is 0.0695 e. The van der Waals surface area contributed by atoms with Crippen LogP contribution in [0.2, 0.25) is 0 Å². The maximum atomic E-state index is 10.4. The van der Waals surface area contributed by atoms with Crippen LogP contribution in [0.4, 0.5) is 0 Å². The molecule has 1 N–H and O–H groups in total. The Morgan fingerprint density at radius 1 is 1.22 bits per heavy atom. The summed E-state index contributed by atoms with van der Waals surface area (Å²) in [6.07, 6.45) is 7.17. The first-order chi connectivity index (χ1) is 8.72. The van der Waals surface area contributed by atoms with E-state index in [4.69, 9.17) is 4.74 Å². The lowest BCUT2D eigenvalue weighted by atomic mass is 9.99. The van der Waals surface area contributed by atoms with E-state index < -0.39 is 0 Å². The van der Waals surface area contributed by atoms with Crippen LogP contribution in [0.3, 0.4) is 0 Å². The molecule has 0 spiro atoms. The fourth-order valence-electron chi connectivity index (χ4n) is 3.17. The van der Waals surface area contributed by atoms with Crippen LogP contribution in [0.15, 0.2) is 0 Å². The molecule has 0 amide bonds. The summed E-state index contributed by atoms with van der Waals surface area (Å²) in [4.78, 5) is 2.42. The first-order valence-corrected chi connectivity index (χ1v) is 7.63. The van der Waals surface area contributed by atoms with Crippen LogP contribution >= 0.6 is 0 Å². The van der Waals surface area contributed by atoms with Gasteiger partial charge in [0.2, 0.25) is 0 Å². The van der Waals surface area contributed by atoms with Crippen LogP contribution in [0.25, 0.3) is 0 Å². The van der Waals surface area contributed by atoms with Crippen molar-refractivity contribution in [3.05, 3.63) is 0 Å². The van der Waals surface area contributed by atoms with Gasteiger partial charge >= 0.3 is 0 Å². The number of hydrogen-bond acceptors (Lipinski definition) is 3. The molecule has 0 aromatic rings. The topological polar surface area (TPSA) is 32.7 Å². The van der Waals surface area contributed by atoms with Crippen molar-refractivity contribution in [2.24, 2.45) is 5.92 Å². The molecule has 18 heavy (non-hydrogen) atoms. The van der Waals surface area contributed by atoms with E-state index in [1.807, 2.05) is 0 Å². The molecular formula is C15H31NO2. The zero-order valence-electron chi connectivity index (χ0n) is 12.4. The number of nitrogens with zero attached hydrogens (tertiary/aromatic N) is 1. The molecule has 0 aliphatic heterocycles. The zero-order valence-corrected chi connectivity index (χ0v) is 12.4. The van der Waals surface area contributed by atoms with Gasteiger partial charge in [-0.1, -0.05) is 26.7 Å². The van der Waals surface area contributed by atoms with Gasteiger partial charge in [0.05, 0.1) is 12.7 Å². The molecule has 0 aromatic carbocycles. The summed E-state index contributed by atoms with van der Waals surface area (Å²) in [5.41, 5.74) is 0. The molecule has 108 valence electrons. The van der Waals surface area contributed by atoms with Gasteiger partial charge in [0.25, 0.3) is 0 Å². The van der Waals surface area contributed by atoms with Gasteiger partial charge in [-0.15, -0.1) is 0 Å². The quantitative estimate of drug-likeness (QED) is 0.689. The van der Waals surface area contributed by atoms with Gasteiger partial charge in [-0.2, -0.15) is 0 Å². The van der Waals surface area contributed by atoms with Crippen molar-refractivity contribution < 1.29 is 9.84 Å². The third-order valence-electron chi connectivity index (χ3n) is 4.41. The fourth-order valence-corrected chi connectivity index (χ4v) is 3.17. The first-order valence-electron chi connectivity index (χ1n) is 7.63. The molecule has 0 radical (unpaired) electrons. The Balaban J connectivity index is 2.47. The molecule has 1 atom stereocenters. The van der Waals surface area contributed by atoms with Gasteiger partial charge in [0, 0.05) is 26.2 Å². The Bertz CT molecular complexity index is 201. The largest absolute Gasteiger partial charge is 0.392 e. The normalized spacial score (nSPS) is 19.0. The summed E-state index contributed by atoms with van der Waals surface area (Å²) < 4.78 is 5.20. The number of rotatable bonds is 9. The molecule has 1 fully saturated rings. The Morgan fingerprint density at radius 3 is 2.33 bits per heavy atom. The average molecular weight is 257 g/mol. The standard InChI is InChI=1S/C15H31NO2/c1-4-14(5-2)16(10-11-18-3)12-15(17)13-8-6-7-9-13/h13-15,17H,4-12H2,1-3H3. The summed E-state index contributed by atoms with van der Waals surface area (Å²) in [6, 6.07) is 0.580. The molecule has 3 heteroatoms. The first kappa shape index (κ1) is 15.9. The van der Waals surface area contributed by atoms with Gasteiger partial charge < -0.3 is 9.84 Å². The minimum absolute atomic E-state index is 0.148. The van der Waals surface area contributed by atoms with E-state index in [1.165, 1.54) is 25.7 Å². The van der Waals surface area contributed by atoms with Crippen LogP contribution in [0, 0.1) is 5.92 Å². The molecule has 0 saturated heterocycles. The van der Waals surface area contributed by atoms with E-state index >= 15 is 0 Å². The second-order valence-electron chi connectivity index (χ2n) is 5.57. The van der Waals surface area contributed by atoms with Gasteiger partial charge in [0.15, 0.2) is 0 Å². The van der Waals surface area contributed by atoms with Crippen molar-refractivity contribution in [1.29, 1.82) is 0 Å². The molecule has 0 bridgehead atoms. The highest BCUT2D eigenvalue weighted by Crippen LogP contribution is 2.28. The monoisotopic (exact) mass is 257 g/mol. The fraction of sp³-hybridized carbons (Fsp3) is 1.00. The molecule has 1 aliphatic carbocycles. The van der Waals surface area contributed by atoms with E-state index in [-0.39, 0.29) is 6.10 Å². The van der Waals surface area contributed by atoms with Crippen molar-refractivity contribution in [3.63, 3.8) is 0 Å². The SMILES string of the molecule is CCC(CC)N(CCOC)CC(O)C1CCCC1. The van der Waals surface area contributed by atoms with E-state index in [9.17, 15) is 5.11 Å². The molecule has 0 aromatic heterocycles. The maximum Gasteiger partial charge on any atom is 0.0695 e. The van der Waals surface area contributed by atoms with Crippen LogP contribution in [0.1, 0.15) is 52.4 Å². The molecule has 1 saturated carbocycles. The van der Waals surface area contributed by atoms with Gasteiger partial charge in [0.1, 0.15) is 0 Å². The third-order valence-corrected chi connectivity index (χ3v) is 4.41. The third kappa shape index (κ3) is 4.87. The minimum Gasteiger partial charge on any atom is -0.392 e. The highest BCUT2D eigenvalue weighted by atomic mass is 16.5. The second kappa shape index (κ2) is 8.89. The van der Waals surface area contributed by atoms with Gasteiger partial charge in [-0.05, 0) is 31.6 Å². The lowest BCUT2D eigenvalue weighted by Gasteiger charge is -2.33. The number of methoxy groups -OCH3 is 1. The lowest BCUT2D eigenvalue weighted by Crippen LogP contribution is -2.43. The molecule has 3 nitrogen and oxygen atoms in total. The Morgan fingerprint density at radius 2 is 1.83 bits per heavy atom. The van der Waals surface area contributed by atoms with Crippen LogP contribution in [-0.4, -0.2) is 49.0 Å². The van der Waals surface area contributed by atoms with Crippen molar-refractivity contribution in [2.45, 2.75) is 64.5 Å². The molecule has 1 unspecified atom stereocenters. The highest BCUT2D eigenvalue weighted by Gasteiger charge is 2.26. The number of aliphatic hydroxyl groups is 1. The van der Waals surface area contributed by atoms with Crippen LogP contribution in [-0.2, 0) is 4.74 Å². The zero-order chi connectivity index (χ0) is 13.4. The Hall–Kier alpha value is -0.120. The summed E-state index contributed by atoms with van der Waals surface area (Å²) in [6.45, 7) is 6.98. The van der Waals surface area contributed by atoms with Crippen molar-refractivity contribution in [3.8, 4) is 0 Å². The number of hydrogen-bond donors (Lipinski definition) is 1. The summed E-state index contributed by atoms with van der Waals surface area (Å²) >= 11 is 0. The van der Waals surface area contributed by atoms with Crippen molar-refractivity contribution in [2.75, 3.05) is 26.8 Å². The molecule has 1 rings (SSSR count). The van der Waals surface area contributed by atoms with Crippen molar-refractivity contribution in [1.82, 2.24) is 4.90 Å². The van der Waals surface area contributed by atoms with E-state index in [0.29, 0.717) is 12.0 Å². The second-order valence-corrected chi connectivity index (χ2v) is 5.57. The number of aliphatic hydroxyl groups excluding tert-OH is 1. The average Bonchev–Trinajstić information content (AvgIpc) is 2.90. The maximum absolute atomic E-state index is 10.4. The molecule has 0 heterocycles. The Labute approximate surface area is 113 Å². The summed E-state index contributed by atoms with van der Waals surface area (Å²) in [5.74, 6) is 0.532. The van der Waals surface area contributed by atoms with Crippen LogP contribution in [0.5, 0.6) is 0 Å². The summed E-state index contributed by atoms with van der Waals surface area (Å²) in [7, 11) is 1.75. The minimum atomic E-state index is -0.148. The predicted molar refractivity (Wildman–Crippen MR) is 75.8 cm³/mol. The number of ether oxygens (including phenoxy) is 1. The predicted octanol–water partition coefficient (Wildman–Crippen LogP) is 2.67. The Kier molecular flexibility index (Phi) is 7.87. The van der Waals surface area contributed by atoms with Crippen molar-refractivity contribution >= 4 is 0 Å². The van der Waals surface area contributed by atoms with E-state index in [1.54, 1.807) is 7.11 Å². The molecular weight excluding hydrogens is 226 g/mol. The summed E-state index contributed by atoms with van der Waals surface area (Å²) in [5, 5.41) is 10.4. The van der Waals surface area contributed by atoms with Crippen LogP contribution < -0.4 is 0 Å². The lowest BCUT2D eigenvalue weighted by molar-refractivity contribution is 0.0333. The van der Waals surface area contributed by atoms with E-state index in [2.05, 4.69) is 18.7 Å².